The van der Waals surface area contributed by atoms with E-state index in [-0.39, 0.29) is 18.4 Å². The molecule has 12 heavy (non-hydrogen) atoms. The molecule has 0 aromatic carbocycles. The van der Waals surface area contributed by atoms with E-state index in [9.17, 15) is 4.79 Å². The van der Waals surface area contributed by atoms with E-state index in [1.807, 2.05) is 0 Å². The molecule has 1 fully saturated rings. The second-order valence-electron chi connectivity index (χ2n) is 2.94. The van der Waals surface area contributed by atoms with Crippen LogP contribution in [0.4, 0.5) is 0 Å². The lowest BCUT2D eigenvalue weighted by Gasteiger charge is -2.09. The number of nitrogens with one attached hydrogen (secondary N) is 1. The van der Waals surface area contributed by atoms with Gasteiger partial charge in [0.2, 0.25) is 0 Å². The second-order valence-corrected chi connectivity index (χ2v) is 2.94. The molecule has 0 aromatic rings. The third-order valence-electron chi connectivity index (χ3n) is 2.12. The van der Waals surface area contributed by atoms with Crippen molar-refractivity contribution in [1.82, 2.24) is 5.32 Å². The van der Waals surface area contributed by atoms with Crippen molar-refractivity contribution in [2.45, 2.75) is 31.7 Å². The van der Waals surface area contributed by atoms with Gasteiger partial charge in [-0.15, -0.1) is 12.4 Å². The zero-order chi connectivity index (χ0) is 8.10. The Bertz CT molecular complexity index is 135. The number of methoxy groups -OCH3 is 1. The summed E-state index contributed by atoms with van der Waals surface area (Å²) in [5.41, 5.74) is 0. The molecule has 0 amide bonds. The van der Waals surface area contributed by atoms with Gasteiger partial charge in [0.25, 0.3) is 0 Å². The maximum Gasteiger partial charge on any atom is 0.319 e. The predicted molar refractivity (Wildman–Crippen MR) is 49.5 cm³/mol. The fourth-order valence-electron chi connectivity index (χ4n) is 1.43. The summed E-state index contributed by atoms with van der Waals surface area (Å²) in [7, 11) is 1.42. The van der Waals surface area contributed by atoms with Crippen molar-refractivity contribution < 1.29 is 9.53 Å². The fraction of sp³-hybridized carbons (Fsp3) is 0.875. The molecule has 0 aliphatic heterocycles. The van der Waals surface area contributed by atoms with E-state index < -0.39 is 0 Å². The van der Waals surface area contributed by atoms with Gasteiger partial charge in [-0.3, -0.25) is 4.79 Å². The van der Waals surface area contributed by atoms with Crippen LogP contribution in [0.25, 0.3) is 0 Å². The molecule has 0 spiro atoms. The van der Waals surface area contributed by atoms with Gasteiger partial charge in [-0.05, 0) is 12.8 Å². The van der Waals surface area contributed by atoms with Crippen LogP contribution in [0.1, 0.15) is 25.7 Å². The topological polar surface area (TPSA) is 38.3 Å². The Kier molecular flexibility index (Phi) is 6.11. The van der Waals surface area contributed by atoms with Crippen molar-refractivity contribution in [1.29, 1.82) is 0 Å². The Morgan fingerprint density at radius 1 is 1.50 bits per heavy atom. The summed E-state index contributed by atoms with van der Waals surface area (Å²) in [6.07, 6.45) is 4.99. The lowest BCUT2D eigenvalue weighted by atomic mass is 10.2. The molecule has 1 aliphatic rings. The molecular formula is C8H16ClNO2. The zero-order valence-corrected chi connectivity index (χ0v) is 8.15. The van der Waals surface area contributed by atoms with Crippen LogP contribution in [0.5, 0.6) is 0 Å². The monoisotopic (exact) mass is 193 g/mol. The van der Waals surface area contributed by atoms with Crippen molar-refractivity contribution in [3.63, 3.8) is 0 Å². The minimum atomic E-state index is -0.170. The molecule has 72 valence electrons. The van der Waals surface area contributed by atoms with Crippen molar-refractivity contribution in [3.8, 4) is 0 Å². The van der Waals surface area contributed by atoms with Crippen LogP contribution >= 0.6 is 12.4 Å². The largest absolute Gasteiger partial charge is 0.468 e. The summed E-state index contributed by atoms with van der Waals surface area (Å²) in [5.74, 6) is -0.170. The van der Waals surface area contributed by atoms with E-state index >= 15 is 0 Å². The quantitative estimate of drug-likeness (QED) is 0.683. The second kappa shape index (κ2) is 6.26. The minimum Gasteiger partial charge on any atom is -0.468 e. The lowest BCUT2D eigenvalue weighted by molar-refractivity contribution is -0.139. The maximum absolute atomic E-state index is 10.7. The summed E-state index contributed by atoms with van der Waals surface area (Å²) in [4.78, 5) is 10.7. The highest BCUT2D eigenvalue weighted by Crippen LogP contribution is 2.17. The Balaban J connectivity index is 0.00000121. The van der Waals surface area contributed by atoms with Crippen molar-refractivity contribution >= 4 is 18.4 Å². The zero-order valence-electron chi connectivity index (χ0n) is 7.34. The molecule has 0 radical (unpaired) electrons. The first kappa shape index (κ1) is 11.7. The molecule has 1 aliphatic carbocycles. The number of hydrogen-bond acceptors (Lipinski definition) is 3. The molecule has 1 saturated carbocycles. The van der Waals surface area contributed by atoms with Crippen LogP contribution in [-0.4, -0.2) is 25.7 Å². The van der Waals surface area contributed by atoms with E-state index in [1.165, 1.54) is 32.8 Å². The smallest absolute Gasteiger partial charge is 0.319 e. The highest BCUT2D eigenvalue weighted by Gasteiger charge is 2.14. The van der Waals surface area contributed by atoms with Crippen molar-refractivity contribution in [2.24, 2.45) is 0 Å². The number of rotatable bonds is 3. The maximum atomic E-state index is 10.7. The molecule has 4 heteroatoms. The van der Waals surface area contributed by atoms with Gasteiger partial charge in [-0.2, -0.15) is 0 Å². The summed E-state index contributed by atoms with van der Waals surface area (Å²) in [6.45, 7) is 0.362. The number of carbonyl (C=O) groups excluding carboxylic acids is 1. The van der Waals surface area contributed by atoms with Crippen LogP contribution in [0, 0.1) is 0 Å². The molecule has 0 heterocycles. The Morgan fingerprint density at radius 2 is 2.08 bits per heavy atom. The van der Waals surface area contributed by atoms with Gasteiger partial charge >= 0.3 is 5.97 Å². The normalized spacial score (nSPS) is 17.1. The van der Waals surface area contributed by atoms with E-state index in [0.717, 1.165) is 0 Å². The molecule has 0 bridgehead atoms. The van der Waals surface area contributed by atoms with Crippen LogP contribution in [0.3, 0.4) is 0 Å². The van der Waals surface area contributed by atoms with Crippen LogP contribution in [-0.2, 0) is 9.53 Å². The molecule has 1 rings (SSSR count). The summed E-state index contributed by atoms with van der Waals surface area (Å²) < 4.78 is 4.51. The minimum absolute atomic E-state index is 0. The van der Waals surface area contributed by atoms with Crippen LogP contribution in [0.2, 0.25) is 0 Å². The number of esters is 1. The molecule has 3 nitrogen and oxygen atoms in total. The van der Waals surface area contributed by atoms with Gasteiger partial charge in [-0.25, -0.2) is 0 Å². The third-order valence-corrected chi connectivity index (χ3v) is 2.12. The third kappa shape index (κ3) is 3.93. The van der Waals surface area contributed by atoms with Crippen molar-refractivity contribution in [2.75, 3.05) is 13.7 Å². The van der Waals surface area contributed by atoms with E-state index in [1.54, 1.807) is 0 Å². The molecule has 0 unspecified atom stereocenters. The van der Waals surface area contributed by atoms with Gasteiger partial charge < -0.3 is 10.1 Å². The average molecular weight is 194 g/mol. The summed E-state index contributed by atoms with van der Waals surface area (Å²) in [5, 5.41) is 3.16. The first-order valence-corrected chi connectivity index (χ1v) is 4.13. The van der Waals surface area contributed by atoms with Gasteiger partial charge in [-0.1, -0.05) is 12.8 Å². The highest BCUT2D eigenvalue weighted by atomic mass is 35.5. The molecule has 0 saturated heterocycles. The van der Waals surface area contributed by atoms with Crippen LogP contribution in [0.15, 0.2) is 0 Å². The lowest BCUT2D eigenvalue weighted by Crippen LogP contribution is -2.31. The van der Waals surface area contributed by atoms with Gasteiger partial charge in [0.1, 0.15) is 0 Å². The molecule has 0 atom stereocenters. The summed E-state index contributed by atoms with van der Waals surface area (Å²) >= 11 is 0. The van der Waals surface area contributed by atoms with E-state index in [0.29, 0.717) is 12.6 Å². The highest BCUT2D eigenvalue weighted by molar-refractivity contribution is 5.85. The van der Waals surface area contributed by atoms with Gasteiger partial charge in [0, 0.05) is 6.04 Å². The molecular weight excluding hydrogens is 178 g/mol. The first-order chi connectivity index (χ1) is 5.33. The van der Waals surface area contributed by atoms with Crippen molar-refractivity contribution in [3.05, 3.63) is 0 Å². The van der Waals surface area contributed by atoms with Crippen LogP contribution < -0.4 is 5.32 Å². The molecule has 0 aromatic heterocycles. The fourth-order valence-corrected chi connectivity index (χ4v) is 1.43. The Morgan fingerprint density at radius 3 is 2.58 bits per heavy atom. The SMILES string of the molecule is COC(=O)CNC1CCCC1.Cl. The van der Waals surface area contributed by atoms with E-state index in [2.05, 4.69) is 10.1 Å². The predicted octanol–water partition coefficient (Wildman–Crippen LogP) is 1.11. The standard InChI is InChI=1S/C8H15NO2.ClH/c1-11-8(10)6-9-7-4-2-3-5-7;/h7,9H,2-6H2,1H3;1H. The number of ether oxygens (including phenoxy) is 1. The van der Waals surface area contributed by atoms with E-state index in [4.69, 9.17) is 0 Å². The number of carbonyl (C=O) groups is 1. The van der Waals surface area contributed by atoms with Gasteiger partial charge in [0.15, 0.2) is 0 Å². The number of hydrogen-bond donors (Lipinski definition) is 1. The summed E-state index contributed by atoms with van der Waals surface area (Å²) in [6, 6.07) is 0.550. The number of halogens is 1. The Hall–Kier alpha value is -0.280. The Labute approximate surface area is 79.3 Å². The molecule has 1 N–H and O–H groups in total. The first-order valence-electron chi connectivity index (χ1n) is 4.13. The average Bonchev–Trinajstić information content (AvgIpc) is 2.52. The van der Waals surface area contributed by atoms with Gasteiger partial charge in [0.05, 0.1) is 13.7 Å².